The van der Waals surface area contributed by atoms with Gasteiger partial charge in [-0.25, -0.2) is 4.79 Å². The van der Waals surface area contributed by atoms with Gasteiger partial charge in [0.25, 0.3) is 0 Å². The lowest BCUT2D eigenvalue weighted by atomic mass is 10.2. The third-order valence-electron chi connectivity index (χ3n) is 3.16. The van der Waals surface area contributed by atoms with Crippen LogP contribution in [-0.4, -0.2) is 38.8 Å². The van der Waals surface area contributed by atoms with Crippen LogP contribution in [0.15, 0.2) is 6.33 Å². The Labute approximate surface area is 108 Å². The SMILES string of the molecule is CCC[C@H](C)N(C)C(=O)N[C@@H](C)c1nncn1C. The van der Waals surface area contributed by atoms with Crippen molar-refractivity contribution >= 4 is 6.03 Å². The van der Waals surface area contributed by atoms with Crippen LogP contribution in [0.2, 0.25) is 0 Å². The molecule has 1 rings (SSSR count). The van der Waals surface area contributed by atoms with Gasteiger partial charge in [0.1, 0.15) is 6.33 Å². The van der Waals surface area contributed by atoms with Gasteiger partial charge in [-0.15, -0.1) is 10.2 Å². The van der Waals surface area contributed by atoms with E-state index in [9.17, 15) is 4.79 Å². The lowest BCUT2D eigenvalue weighted by Crippen LogP contribution is -2.43. The van der Waals surface area contributed by atoms with E-state index in [4.69, 9.17) is 0 Å². The third kappa shape index (κ3) is 3.45. The van der Waals surface area contributed by atoms with Crippen LogP contribution in [0.25, 0.3) is 0 Å². The summed E-state index contributed by atoms with van der Waals surface area (Å²) in [4.78, 5) is 13.8. The minimum atomic E-state index is -0.152. The number of carbonyl (C=O) groups is 1. The zero-order valence-corrected chi connectivity index (χ0v) is 11.8. The molecule has 0 aliphatic rings. The van der Waals surface area contributed by atoms with E-state index in [-0.39, 0.29) is 18.1 Å². The Hall–Kier alpha value is -1.59. The average Bonchev–Trinajstić information content (AvgIpc) is 2.74. The Morgan fingerprint density at radius 3 is 2.72 bits per heavy atom. The van der Waals surface area contributed by atoms with E-state index >= 15 is 0 Å². The van der Waals surface area contributed by atoms with E-state index < -0.39 is 0 Å². The van der Waals surface area contributed by atoms with Crippen molar-refractivity contribution < 1.29 is 4.79 Å². The van der Waals surface area contributed by atoms with Crippen molar-refractivity contribution in [3.8, 4) is 0 Å². The second kappa shape index (κ2) is 6.37. The van der Waals surface area contributed by atoms with Crippen molar-refractivity contribution in [1.82, 2.24) is 25.0 Å². The Balaban J connectivity index is 2.57. The van der Waals surface area contributed by atoms with Gasteiger partial charge in [-0.05, 0) is 20.3 Å². The molecule has 0 radical (unpaired) electrons. The van der Waals surface area contributed by atoms with E-state index in [1.54, 1.807) is 15.8 Å². The van der Waals surface area contributed by atoms with Crippen LogP contribution in [0.5, 0.6) is 0 Å². The number of urea groups is 1. The van der Waals surface area contributed by atoms with Crippen molar-refractivity contribution in [2.75, 3.05) is 7.05 Å². The molecule has 18 heavy (non-hydrogen) atoms. The Bertz CT molecular complexity index is 390. The number of hydrogen-bond donors (Lipinski definition) is 1. The number of hydrogen-bond acceptors (Lipinski definition) is 3. The number of amides is 2. The molecule has 1 N–H and O–H groups in total. The summed E-state index contributed by atoms with van der Waals surface area (Å²) in [5.74, 6) is 0.750. The van der Waals surface area contributed by atoms with Crippen LogP contribution in [0.3, 0.4) is 0 Å². The number of carbonyl (C=O) groups excluding carboxylic acids is 1. The summed E-state index contributed by atoms with van der Waals surface area (Å²) < 4.78 is 1.81. The van der Waals surface area contributed by atoms with Gasteiger partial charge in [0.15, 0.2) is 5.82 Å². The molecule has 102 valence electrons. The quantitative estimate of drug-likeness (QED) is 0.868. The van der Waals surface area contributed by atoms with E-state index in [0.717, 1.165) is 18.7 Å². The zero-order chi connectivity index (χ0) is 13.7. The molecule has 1 aromatic rings. The second-order valence-electron chi connectivity index (χ2n) is 4.72. The molecule has 1 heterocycles. The summed E-state index contributed by atoms with van der Waals surface area (Å²) in [6.07, 6.45) is 3.70. The predicted molar refractivity (Wildman–Crippen MR) is 70.1 cm³/mol. The van der Waals surface area contributed by atoms with Crippen molar-refractivity contribution in [3.63, 3.8) is 0 Å². The molecule has 2 atom stereocenters. The molecule has 0 saturated heterocycles. The average molecular weight is 253 g/mol. The van der Waals surface area contributed by atoms with Crippen molar-refractivity contribution in [1.29, 1.82) is 0 Å². The normalized spacial score (nSPS) is 14.1. The molecule has 0 saturated carbocycles. The monoisotopic (exact) mass is 253 g/mol. The van der Waals surface area contributed by atoms with Gasteiger partial charge in [0.05, 0.1) is 6.04 Å². The number of nitrogens with one attached hydrogen (secondary N) is 1. The maximum absolute atomic E-state index is 12.0. The predicted octanol–water partition coefficient (Wildman–Crippen LogP) is 1.71. The molecule has 6 heteroatoms. The lowest BCUT2D eigenvalue weighted by molar-refractivity contribution is 0.187. The first kappa shape index (κ1) is 14.5. The van der Waals surface area contributed by atoms with Crippen LogP contribution in [0.4, 0.5) is 4.79 Å². The molecule has 0 unspecified atom stereocenters. The molecular formula is C12H23N5O. The number of nitrogens with zero attached hydrogens (tertiary/aromatic N) is 4. The molecular weight excluding hydrogens is 230 g/mol. The molecule has 2 amide bonds. The fourth-order valence-corrected chi connectivity index (χ4v) is 1.85. The van der Waals surface area contributed by atoms with E-state index in [0.29, 0.717) is 0 Å². The highest BCUT2D eigenvalue weighted by Crippen LogP contribution is 2.09. The van der Waals surface area contributed by atoms with Crippen LogP contribution in [0, 0.1) is 0 Å². The van der Waals surface area contributed by atoms with Crippen LogP contribution in [-0.2, 0) is 7.05 Å². The highest BCUT2D eigenvalue weighted by Gasteiger charge is 2.19. The smallest absolute Gasteiger partial charge is 0.317 e. The zero-order valence-electron chi connectivity index (χ0n) is 11.8. The lowest BCUT2D eigenvalue weighted by Gasteiger charge is -2.26. The number of aromatic nitrogens is 3. The van der Waals surface area contributed by atoms with Crippen LogP contribution >= 0.6 is 0 Å². The van der Waals surface area contributed by atoms with Gasteiger partial charge in [-0.1, -0.05) is 13.3 Å². The summed E-state index contributed by atoms with van der Waals surface area (Å²) in [6.45, 7) is 6.07. The summed E-state index contributed by atoms with van der Waals surface area (Å²) in [6, 6.07) is 0.00872. The third-order valence-corrected chi connectivity index (χ3v) is 3.16. The fraction of sp³-hybridized carbons (Fsp3) is 0.750. The highest BCUT2D eigenvalue weighted by molar-refractivity contribution is 5.74. The van der Waals surface area contributed by atoms with Crippen molar-refractivity contribution in [2.45, 2.75) is 45.7 Å². The molecule has 0 aliphatic carbocycles. The molecule has 0 aliphatic heterocycles. The second-order valence-corrected chi connectivity index (χ2v) is 4.72. The number of aryl methyl sites for hydroxylation is 1. The summed E-state index contributed by atoms with van der Waals surface area (Å²) in [5.41, 5.74) is 0. The van der Waals surface area contributed by atoms with Gasteiger partial charge < -0.3 is 14.8 Å². The first-order valence-electron chi connectivity index (χ1n) is 6.34. The first-order valence-corrected chi connectivity index (χ1v) is 6.34. The molecule has 0 bridgehead atoms. The molecule has 0 fully saturated rings. The fourth-order valence-electron chi connectivity index (χ4n) is 1.85. The standard InChI is InChI=1S/C12H23N5O/c1-6-7-9(2)17(5)12(18)14-10(3)11-15-13-8-16(11)4/h8-10H,6-7H2,1-5H3,(H,14,18)/t9-,10-/m0/s1. The summed E-state index contributed by atoms with van der Waals surface area (Å²) in [7, 11) is 3.68. The van der Waals surface area contributed by atoms with Gasteiger partial charge >= 0.3 is 6.03 Å². The molecule has 1 aromatic heterocycles. The van der Waals surface area contributed by atoms with Gasteiger partial charge in [0.2, 0.25) is 0 Å². The van der Waals surface area contributed by atoms with E-state index in [2.05, 4.69) is 29.4 Å². The Morgan fingerprint density at radius 2 is 2.22 bits per heavy atom. The maximum atomic E-state index is 12.0. The van der Waals surface area contributed by atoms with Gasteiger partial charge in [0, 0.05) is 20.1 Å². The highest BCUT2D eigenvalue weighted by atomic mass is 16.2. The van der Waals surface area contributed by atoms with Crippen molar-refractivity contribution in [2.24, 2.45) is 7.05 Å². The minimum Gasteiger partial charge on any atom is -0.328 e. The van der Waals surface area contributed by atoms with Gasteiger partial charge in [-0.2, -0.15) is 0 Å². The summed E-state index contributed by atoms with van der Waals surface area (Å²) >= 11 is 0. The molecule has 0 aromatic carbocycles. The minimum absolute atomic E-state index is 0.0774. The molecule has 0 spiro atoms. The number of rotatable bonds is 5. The summed E-state index contributed by atoms with van der Waals surface area (Å²) in [5, 5.41) is 10.7. The first-order chi connectivity index (χ1) is 8.47. The molecule has 6 nitrogen and oxygen atoms in total. The van der Waals surface area contributed by atoms with Crippen molar-refractivity contribution in [3.05, 3.63) is 12.2 Å². The van der Waals surface area contributed by atoms with Crippen LogP contribution < -0.4 is 5.32 Å². The van der Waals surface area contributed by atoms with Gasteiger partial charge in [-0.3, -0.25) is 0 Å². The van der Waals surface area contributed by atoms with E-state index in [1.165, 1.54) is 0 Å². The topological polar surface area (TPSA) is 63.1 Å². The van der Waals surface area contributed by atoms with Crippen LogP contribution in [0.1, 0.15) is 45.5 Å². The Kier molecular flexibility index (Phi) is 5.12. The largest absolute Gasteiger partial charge is 0.328 e. The maximum Gasteiger partial charge on any atom is 0.317 e. The Morgan fingerprint density at radius 1 is 1.56 bits per heavy atom. The van der Waals surface area contributed by atoms with E-state index in [1.807, 2.05) is 21.0 Å².